The highest BCUT2D eigenvalue weighted by Gasteiger charge is 2.20. The van der Waals surface area contributed by atoms with Crippen molar-refractivity contribution in [3.63, 3.8) is 0 Å². The molecule has 0 aliphatic carbocycles. The van der Waals surface area contributed by atoms with Crippen LogP contribution in [0.3, 0.4) is 0 Å². The fourth-order valence-corrected chi connectivity index (χ4v) is 1.83. The van der Waals surface area contributed by atoms with Gasteiger partial charge in [0.25, 0.3) is 5.69 Å². The van der Waals surface area contributed by atoms with Crippen LogP contribution < -0.4 is 5.32 Å². The molecule has 0 amide bonds. The summed E-state index contributed by atoms with van der Waals surface area (Å²) in [7, 11) is 0. The summed E-state index contributed by atoms with van der Waals surface area (Å²) in [6, 6.07) is 11.4. The van der Waals surface area contributed by atoms with Gasteiger partial charge in [-0.1, -0.05) is 12.1 Å². The predicted octanol–water partition coefficient (Wildman–Crippen LogP) is 3.35. The topological polar surface area (TPSA) is 92.5 Å². The van der Waals surface area contributed by atoms with Gasteiger partial charge in [0, 0.05) is 17.4 Å². The lowest BCUT2D eigenvalue weighted by Gasteiger charge is -2.08. The highest BCUT2D eigenvalue weighted by atomic mass is 16.6. The molecule has 0 heterocycles. The van der Waals surface area contributed by atoms with E-state index in [4.69, 9.17) is 5.11 Å². The van der Waals surface area contributed by atoms with E-state index in [0.717, 1.165) is 11.3 Å². The highest BCUT2D eigenvalue weighted by molar-refractivity contribution is 5.93. The number of anilines is 2. The number of hydrogen-bond acceptors (Lipinski definition) is 4. The van der Waals surface area contributed by atoms with Crippen molar-refractivity contribution in [3.05, 3.63) is 63.7 Å². The minimum Gasteiger partial charge on any atom is -0.477 e. The zero-order valence-electron chi connectivity index (χ0n) is 10.7. The van der Waals surface area contributed by atoms with Gasteiger partial charge in [0.15, 0.2) is 0 Å². The maximum absolute atomic E-state index is 10.9. The molecule has 20 heavy (non-hydrogen) atoms. The Bertz CT molecular complexity index is 683. The Balaban J connectivity index is 2.36. The number of nitrogens with one attached hydrogen (secondary N) is 1. The molecule has 0 saturated carbocycles. The van der Waals surface area contributed by atoms with Crippen LogP contribution in [0.15, 0.2) is 42.5 Å². The Labute approximate surface area is 114 Å². The summed E-state index contributed by atoms with van der Waals surface area (Å²) in [5.74, 6) is -1.32. The third-order valence-corrected chi connectivity index (χ3v) is 2.73. The van der Waals surface area contributed by atoms with Crippen molar-refractivity contribution in [3.8, 4) is 0 Å². The first kappa shape index (κ1) is 13.5. The van der Waals surface area contributed by atoms with E-state index in [-0.39, 0.29) is 5.56 Å². The van der Waals surface area contributed by atoms with Gasteiger partial charge in [-0.15, -0.1) is 0 Å². The standard InChI is InChI=1S/C14H12N2O4/c1-9-3-2-4-10(7-9)15-11-5-6-12(14(17)18)13(8-11)16(19)20/h2-8,15H,1H3,(H,17,18). The van der Waals surface area contributed by atoms with E-state index in [1.54, 1.807) is 0 Å². The molecule has 6 nitrogen and oxygen atoms in total. The molecule has 2 N–H and O–H groups in total. The zero-order chi connectivity index (χ0) is 14.7. The Morgan fingerprint density at radius 1 is 1.20 bits per heavy atom. The average molecular weight is 272 g/mol. The summed E-state index contributed by atoms with van der Waals surface area (Å²) in [4.78, 5) is 21.1. The molecule has 0 aliphatic heterocycles. The van der Waals surface area contributed by atoms with Crippen molar-refractivity contribution >= 4 is 23.0 Å². The van der Waals surface area contributed by atoms with Gasteiger partial charge in [-0.2, -0.15) is 0 Å². The van der Waals surface area contributed by atoms with E-state index in [0.29, 0.717) is 5.69 Å². The van der Waals surface area contributed by atoms with E-state index < -0.39 is 16.6 Å². The first-order valence-electron chi connectivity index (χ1n) is 5.83. The van der Waals surface area contributed by atoms with E-state index in [1.165, 1.54) is 18.2 Å². The summed E-state index contributed by atoms with van der Waals surface area (Å²) >= 11 is 0. The van der Waals surface area contributed by atoms with Gasteiger partial charge in [0.1, 0.15) is 5.56 Å². The first-order chi connectivity index (χ1) is 9.47. The number of nitro groups is 1. The molecular weight excluding hydrogens is 260 g/mol. The van der Waals surface area contributed by atoms with Crippen LogP contribution in [0.25, 0.3) is 0 Å². The van der Waals surface area contributed by atoms with Crippen LogP contribution in [0.2, 0.25) is 0 Å². The lowest BCUT2D eigenvalue weighted by atomic mass is 10.1. The minimum absolute atomic E-state index is 0.329. The molecule has 0 aliphatic rings. The molecule has 0 bridgehead atoms. The van der Waals surface area contributed by atoms with Crippen molar-refractivity contribution in [2.24, 2.45) is 0 Å². The van der Waals surface area contributed by atoms with E-state index in [1.807, 2.05) is 31.2 Å². The fraction of sp³-hybridized carbons (Fsp3) is 0.0714. The molecule has 0 fully saturated rings. The van der Waals surface area contributed by atoms with Crippen LogP contribution in [-0.2, 0) is 0 Å². The summed E-state index contributed by atoms with van der Waals surface area (Å²) in [6.45, 7) is 1.93. The summed E-state index contributed by atoms with van der Waals surface area (Å²) in [5, 5.41) is 22.8. The molecule has 102 valence electrons. The van der Waals surface area contributed by atoms with Crippen molar-refractivity contribution in [1.29, 1.82) is 0 Å². The third kappa shape index (κ3) is 2.92. The van der Waals surface area contributed by atoms with Crippen LogP contribution in [0.1, 0.15) is 15.9 Å². The smallest absolute Gasteiger partial charge is 0.342 e. The molecule has 0 spiro atoms. The molecule has 0 unspecified atom stereocenters. The van der Waals surface area contributed by atoms with Crippen molar-refractivity contribution in [2.45, 2.75) is 6.92 Å². The molecule has 2 aromatic rings. The van der Waals surface area contributed by atoms with Gasteiger partial charge < -0.3 is 10.4 Å². The number of nitro benzene ring substituents is 1. The third-order valence-electron chi connectivity index (χ3n) is 2.73. The monoisotopic (exact) mass is 272 g/mol. The lowest BCUT2D eigenvalue weighted by molar-refractivity contribution is -0.385. The first-order valence-corrected chi connectivity index (χ1v) is 5.83. The highest BCUT2D eigenvalue weighted by Crippen LogP contribution is 2.25. The van der Waals surface area contributed by atoms with Crippen molar-refractivity contribution in [1.82, 2.24) is 0 Å². The number of carboxylic acids is 1. The normalized spacial score (nSPS) is 10.1. The van der Waals surface area contributed by atoms with Gasteiger partial charge in [-0.3, -0.25) is 10.1 Å². The van der Waals surface area contributed by atoms with E-state index >= 15 is 0 Å². The number of nitrogens with zero attached hydrogens (tertiary/aromatic N) is 1. The predicted molar refractivity (Wildman–Crippen MR) is 74.5 cm³/mol. The minimum atomic E-state index is -1.32. The molecule has 0 radical (unpaired) electrons. The number of carboxylic acid groups (broad SMARTS) is 1. The van der Waals surface area contributed by atoms with E-state index in [2.05, 4.69) is 5.32 Å². The van der Waals surface area contributed by atoms with Crippen LogP contribution in [0, 0.1) is 17.0 Å². The molecule has 0 saturated heterocycles. The second-order valence-electron chi connectivity index (χ2n) is 4.29. The molecule has 0 atom stereocenters. The Morgan fingerprint density at radius 2 is 1.90 bits per heavy atom. The summed E-state index contributed by atoms with van der Waals surface area (Å²) in [5.41, 5.74) is 1.53. The van der Waals surface area contributed by atoms with Gasteiger partial charge in [-0.25, -0.2) is 4.79 Å². The Hall–Kier alpha value is -2.89. The average Bonchev–Trinajstić information content (AvgIpc) is 2.38. The second kappa shape index (κ2) is 5.40. The second-order valence-corrected chi connectivity index (χ2v) is 4.29. The van der Waals surface area contributed by atoms with E-state index in [9.17, 15) is 14.9 Å². The molecule has 2 aromatic carbocycles. The van der Waals surface area contributed by atoms with Gasteiger partial charge in [0.05, 0.1) is 4.92 Å². The summed E-state index contributed by atoms with van der Waals surface area (Å²) < 4.78 is 0. The molecular formula is C14H12N2O4. The number of carbonyl (C=O) groups is 1. The zero-order valence-corrected chi connectivity index (χ0v) is 10.7. The number of benzene rings is 2. The number of hydrogen-bond donors (Lipinski definition) is 2. The lowest BCUT2D eigenvalue weighted by Crippen LogP contribution is -2.03. The quantitative estimate of drug-likeness (QED) is 0.657. The maximum atomic E-state index is 10.9. The molecule has 6 heteroatoms. The largest absolute Gasteiger partial charge is 0.477 e. The fourth-order valence-electron chi connectivity index (χ4n) is 1.83. The van der Waals surface area contributed by atoms with Gasteiger partial charge in [0.2, 0.25) is 0 Å². The molecule has 2 rings (SSSR count). The number of aromatic carboxylic acids is 1. The van der Waals surface area contributed by atoms with Crippen LogP contribution in [0.5, 0.6) is 0 Å². The maximum Gasteiger partial charge on any atom is 0.342 e. The Morgan fingerprint density at radius 3 is 2.50 bits per heavy atom. The van der Waals surface area contributed by atoms with Crippen LogP contribution in [-0.4, -0.2) is 16.0 Å². The van der Waals surface area contributed by atoms with Crippen LogP contribution in [0.4, 0.5) is 17.1 Å². The van der Waals surface area contributed by atoms with Gasteiger partial charge >= 0.3 is 5.97 Å². The van der Waals surface area contributed by atoms with Crippen molar-refractivity contribution < 1.29 is 14.8 Å². The summed E-state index contributed by atoms with van der Waals surface area (Å²) in [6.07, 6.45) is 0. The SMILES string of the molecule is Cc1cccc(Nc2ccc(C(=O)O)c([N+](=O)[O-])c2)c1. The number of rotatable bonds is 4. The molecule has 0 aromatic heterocycles. The van der Waals surface area contributed by atoms with Crippen molar-refractivity contribution in [2.75, 3.05) is 5.32 Å². The number of aryl methyl sites for hydroxylation is 1. The van der Waals surface area contributed by atoms with Gasteiger partial charge in [-0.05, 0) is 36.8 Å². The van der Waals surface area contributed by atoms with Crippen LogP contribution >= 0.6 is 0 Å². The Kier molecular flexibility index (Phi) is 3.65.